The first kappa shape index (κ1) is 9.44. The van der Waals surface area contributed by atoms with E-state index in [1.165, 1.54) is 6.07 Å². The molecule has 0 N–H and O–H groups in total. The fraction of sp³-hybridized carbons (Fsp3) is 0. The number of para-hydroxylation sites is 1. The van der Waals surface area contributed by atoms with Crippen LogP contribution in [-0.2, 0) is 0 Å². The summed E-state index contributed by atoms with van der Waals surface area (Å²) >= 11 is 0. The van der Waals surface area contributed by atoms with Crippen molar-refractivity contribution in [1.29, 1.82) is 0 Å². The predicted octanol–water partition coefficient (Wildman–Crippen LogP) is 0.877. The van der Waals surface area contributed by atoms with Crippen LogP contribution in [0.1, 0.15) is 0 Å². The van der Waals surface area contributed by atoms with Crippen LogP contribution < -0.4 is 5.63 Å². The monoisotopic (exact) mass is 356 g/mol. The molecule has 0 aliphatic rings. The molecule has 0 atom stereocenters. The van der Waals surface area contributed by atoms with Crippen LogP contribution in [-0.4, -0.2) is 27.3 Å². The van der Waals surface area contributed by atoms with Gasteiger partial charge < -0.3 is 4.42 Å². The van der Waals surface area contributed by atoms with Crippen molar-refractivity contribution in [2.75, 3.05) is 0 Å². The van der Waals surface area contributed by atoms with Gasteiger partial charge in [-0.05, 0) is 12.1 Å². The van der Waals surface area contributed by atoms with Gasteiger partial charge in [-0.25, -0.2) is 4.79 Å². The normalized spacial score (nSPS) is 9.33. The maximum absolute atomic E-state index is 10.7. The molecule has 0 fully saturated rings. The summed E-state index contributed by atoms with van der Waals surface area (Å²) in [5, 5.41) is 0.951. The standard InChI is InChI=1S/C9H6O2.Pb.2H/c10-9-6-5-7-3-1-2-4-8(7)11-9;;;/h1-6H;;;. The van der Waals surface area contributed by atoms with Gasteiger partial charge in [-0.1, -0.05) is 18.2 Å². The van der Waals surface area contributed by atoms with E-state index in [1.54, 1.807) is 12.1 Å². The van der Waals surface area contributed by atoms with Gasteiger partial charge in [0.25, 0.3) is 0 Å². The van der Waals surface area contributed by atoms with E-state index in [9.17, 15) is 4.79 Å². The molecule has 3 heteroatoms. The molecule has 0 spiro atoms. The van der Waals surface area contributed by atoms with E-state index in [0.717, 1.165) is 5.39 Å². The first-order valence-corrected chi connectivity index (χ1v) is 3.35. The SMILES string of the molecule is O=c1ccc2ccccc2o1.[PbH2]. The Morgan fingerprint density at radius 1 is 1.00 bits per heavy atom. The fourth-order valence-corrected chi connectivity index (χ4v) is 1.01. The Morgan fingerprint density at radius 2 is 1.75 bits per heavy atom. The number of rotatable bonds is 0. The number of hydrogen-bond donors (Lipinski definition) is 0. The third-order valence-corrected chi connectivity index (χ3v) is 1.53. The zero-order valence-electron chi connectivity index (χ0n) is 6.49. The summed E-state index contributed by atoms with van der Waals surface area (Å²) in [5.41, 5.74) is 0.337. The van der Waals surface area contributed by atoms with Crippen molar-refractivity contribution < 1.29 is 4.42 Å². The molecule has 0 amide bonds. The van der Waals surface area contributed by atoms with E-state index in [0.29, 0.717) is 5.58 Å². The quantitative estimate of drug-likeness (QED) is 0.519. The minimum atomic E-state index is -0.302. The van der Waals surface area contributed by atoms with Crippen LogP contribution in [0.4, 0.5) is 0 Å². The van der Waals surface area contributed by atoms with Gasteiger partial charge in [-0.15, -0.1) is 0 Å². The molecule has 1 heterocycles. The van der Waals surface area contributed by atoms with E-state index in [4.69, 9.17) is 4.42 Å². The average Bonchev–Trinajstić information content (AvgIpc) is 2.04. The first-order valence-electron chi connectivity index (χ1n) is 3.35. The molecule has 2 aromatic rings. The van der Waals surface area contributed by atoms with Gasteiger partial charge in [0, 0.05) is 11.5 Å². The molecule has 0 aliphatic carbocycles. The Balaban J connectivity index is 0.000000720. The Morgan fingerprint density at radius 3 is 2.58 bits per heavy atom. The second-order valence-corrected chi connectivity index (χ2v) is 2.29. The molecule has 0 saturated carbocycles. The zero-order valence-corrected chi connectivity index (χ0v) is 12.0. The number of hydrogen-bond acceptors (Lipinski definition) is 2. The van der Waals surface area contributed by atoms with Crippen molar-refractivity contribution in [1.82, 2.24) is 0 Å². The topological polar surface area (TPSA) is 30.2 Å². The molecule has 1 aromatic heterocycles. The van der Waals surface area contributed by atoms with Crippen molar-refractivity contribution in [2.45, 2.75) is 0 Å². The summed E-state index contributed by atoms with van der Waals surface area (Å²) in [6.07, 6.45) is 0. The molecule has 1 aromatic carbocycles. The fourth-order valence-electron chi connectivity index (χ4n) is 1.01. The van der Waals surface area contributed by atoms with Crippen LogP contribution in [0.25, 0.3) is 11.0 Å². The molecule has 2 nitrogen and oxygen atoms in total. The maximum atomic E-state index is 10.7. The summed E-state index contributed by atoms with van der Waals surface area (Å²) in [6, 6.07) is 10.6. The van der Waals surface area contributed by atoms with Gasteiger partial charge in [-0.3, -0.25) is 0 Å². The van der Waals surface area contributed by atoms with E-state index in [2.05, 4.69) is 0 Å². The Labute approximate surface area is 89.4 Å². The molecule has 0 bridgehead atoms. The second kappa shape index (κ2) is 3.84. The number of benzene rings is 1. The molecule has 2 radical (unpaired) electrons. The third kappa shape index (κ3) is 1.74. The van der Waals surface area contributed by atoms with E-state index >= 15 is 0 Å². The molecule has 0 aliphatic heterocycles. The molecule has 0 unspecified atom stereocenters. The molecule has 12 heavy (non-hydrogen) atoms. The van der Waals surface area contributed by atoms with Crippen LogP contribution in [0.5, 0.6) is 0 Å². The summed E-state index contributed by atoms with van der Waals surface area (Å²) in [5.74, 6) is 0. The van der Waals surface area contributed by atoms with E-state index in [1.807, 2.05) is 18.2 Å². The van der Waals surface area contributed by atoms with Crippen LogP contribution in [0, 0.1) is 0 Å². The van der Waals surface area contributed by atoms with Gasteiger partial charge in [0.2, 0.25) is 0 Å². The summed E-state index contributed by atoms with van der Waals surface area (Å²) in [4.78, 5) is 10.7. The van der Waals surface area contributed by atoms with Gasteiger partial charge >= 0.3 is 32.9 Å². The van der Waals surface area contributed by atoms with Gasteiger partial charge in [0.1, 0.15) is 5.58 Å². The molecular formula is C9H8O2Pb. The van der Waals surface area contributed by atoms with Crippen LogP contribution in [0.3, 0.4) is 0 Å². The summed E-state index contributed by atoms with van der Waals surface area (Å²) in [7, 11) is 0. The second-order valence-electron chi connectivity index (χ2n) is 2.29. The van der Waals surface area contributed by atoms with Crippen molar-refractivity contribution in [3.63, 3.8) is 0 Å². The number of fused-ring (bicyclic) bond motifs is 1. The molecule has 60 valence electrons. The van der Waals surface area contributed by atoms with Gasteiger partial charge in [0.15, 0.2) is 0 Å². The van der Waals surface area contributed by atoms with Gasteiger partial charge in [-0.2, -0.15) is 0 Å². The van der Waals surface area contributed by atoms with Crippen molar-refractivity contribution in [3.8, 4) is 0 Å². The zero-order chi connectivity index (χ0) is 7.68. The Hall–Kier alpha value is -0.648. The van der Waals surface area contributed by atoms with Crippen LogP contribution >= 0.6 is 0 Å². The van der Waals surface area contributed by atoms with Crippen molar-refractivity contribution in [2.24, 2.45) is 0 Å². The molecular weight excluding hydrogens is 347 g/mol. The minimum absolute atomic E-state index is 0. The van der Waals surface area contributed by atoms with Crippen molar-refractivity contribution >= 4 is 38.3 Å². The predicted molar refractivity (Wildman–Crippen MR) is 51.0 cm³/mol. The Bertz CT molecular complexity index is 433. The Kier molecular flexibility index (Phi) is 3.02. The van der Waals surface area contributed by atoms with Crippen LogP contribution in [0.15, 0.2) is 45.6 Å². The van der Waals surface area contributed by atoms with Gasteiger partial charge in [0.05, 0.1) is 0 Å². The van der Waals surface area contributed by atoms with Crippen molar-refractivity contribution in [3.05, 3.63) is 46.8 Å². The third-order valence-electron chi connectivity index (χ3n) is 1.53. The van der Waals surface area contributed by atoms with Crippen LogP contribution in [0.2, 0.25) is 0 Å². The molecule has 2 rings (SSSR count). The summed E-state index contributed by atoms with van der Waals surface area (Å²) in [6.45, 7) is 0. The van der Waals surface area contributed by atoms with E-state index < -0.39 is 0 Å². The first-order chi connectivity index (χ1) is 5.36. The average molecular weight is 355 g/mol. The molecule has 0 saturated heterocycles. The summed E-state index contributed by atoms with van der Waals surface area (Å²) < 4.78 is 4.91. The van der Waals surface area contributed by atoms with E-state index in [-0.39, 0.29) is 32.9 Å².